The summed E-state index contributed by atoms with van der Waals surface area (Å²) >= 11 is 6.22. The Balaban J connectivity index is 0.000000203. The number of pyridine rings is 1. The highest BCUT2D eigenvalue weighted by Crippen LogP contribution is 2.67. The van der Waals surface area contributed by atoms with Gasteiger partial charge < -0.3 is 89.2 Å². The van der Waals surface area contributed by atoms with Gasteiger partial charge in [-0.2, -0.15) is 9.97 Å². The molecule has 115 heavy (non-hydrogen) atoms. The summed E-state index contributed by atoms with van der Waals surface area (Å²) in [5.41, 5.74) is 15.4. The SMILES string of the molecule is CC(C)OC(=O)OCSP1(=O)OC[C@H]2O[C@@H](n3cnc4c(N)ccnc43)C(F)[C@H]2OP(O)(=S)OC[C@H]2O[C@@H](n3cnc4c(=O)[nH]c(N)nc43)C(O1)[C@H]2O.Cc1nc2c(ncn2[C@@H]2O[C@@H]3COP(=O)(SCOC(=O)OC(C)C)OC4[C@@H](O)[C@@H](COP(=O)(SCOC(=O)OC(C)C)O[C@@H]3C2F)O[C@H]4n2cnc3c(=O)[nH]c(N)nc32)c(=O)[nH]1. The first kappa shape index (κ1) is 85.4. The van der Waals surface area contributed by atoms with Crippen molar-refractivity contribution in [3.05, 3.63) is 74.5 Å². The van der Waals surface area contributed by atoms with Crippen molar-refractivity contribution in [2.75, 3.05) is 61.4 Å². The fraction of sp³-hybridized carbons (Fsp3) is 0.579. The Bertz CT molecular complexity index is 5340. The molecule has 6 fully saturated rings. The van der Waals surface area contributed by atoms with E-state index in [1.807, 2.05) is 0 Å². The fourth-order valence-corrected chi connectivity index (χ4v) is 21.8. The van der Waals surface area contributed by atoms with Crippen LogP contribution in [0, 0.1) is 6.92 Å². The van der Waals surface area contributed by atoms with Crippen LogP contribution in [0.2, 0.25) is 0 Å². The number of H-pyrrole nitrogens is 3. The van der Waals surface area contributed by atoms with Crippen LogP contribution < -0.4 is 33.9 Å². The zero-order chi connectivity index (χ0) is 82.5. The number of hydrogen-bond donors (Lipinski definition) is 9. The standard InChI is InChI=1S/C31H40FN9O17P2S2.C26H32FN9O13P2S2/c1-12(2)53-30(45)49-10-61-59(47)51-6-15-20(42)22(28(55-15)41-9-35-19-24(41)38-29(33)39-26(19)44)58-60(48,62-11-50-31(46)54-13(3)4)52-7-16-21(57-59)17(32)27(56-16)40-8-34-18-23(40)36-14(5)37-25(18)43;1-10(2)45-26(39)42-9-53-51(41)44-6-13-18(14(27)23(47-13)35-7-31-15-11(28)3-4-30-20(15)35)48-50(40,52)43-5-12-17(37)19(49-51)24(46-12)36-8-32-16-21(36)33-25(29)34-22(16)38/h8-9,12-13,15-17,20-22,27-28,42H,6-7,10-11H2,1-5H3,(H,36,37,43)(H3,33,38,39,44);3-4,7-8,10,12-14,17-19,23-24,37H,5-6,9H2,1-2H3,(H2,28,30)(H,40,52)(H3,29,33,34,38)/t15-,16-,17?,20+,21+,22?,27-,28-,59?,60?;12-,13-,14?,17+,18+,19?,23-,24-,50?,51?/m11/s1. The molecule has 0 spiro atoms. The summed E-state index contributed by atoms with van der Waals surface area (Å²) in [6.07, 6.45) is -26.0. The highest BCUT2D eigenvalue weighted by Gasteiger charge is 2.58. The van der Waals surface area contributed by atoms with Gasteiger partial charge in [0.1, 0.15) is 72.4 Å². The second kappa shape index (κ2) is 34.8. The van der Waals surface area contributed by atoms with Gasteiger partial charge in [-0.3, -0.25) is 74.3 Å². The number of nitrogens with two attached hydrogens (primary N) is 3. The first-order valence-electron chi connectivity index (χ1n) is 34.1. The van der Waals surface area contributed by atoms with E-state index in [1.165, 1.54) is 34.6 Å². The molecular weight excluding hydrogens is 1710 g/mol. The Morgan fingerprint density at radius 2 is 0.870 bits per heavy atom. The maximum atomic E-state index is 16.9. The number of nitrogen functional groups attached to an aromatic ring is 3. The number of rotatable bonds is 16. The monoisotopic (exact) mass is 1780 g/mol. The van der Waals surface area contributed by atoms with Crippen molar-refractivity contribution in [3.63, 3.8) is 0 Å². The summed E-state index contributed by atoms with van der Waals surface area (Å²) < 4.78 is 183. The highest BCUT2D eigenvalue weighted by molar-refractivity contribution is 8.55. The summed E-state index contributed by atoms with van der Waals surface area (Å²) in [6.45, 7) is -10.7. The van der Waals surface area contributed by atoms with E-state index >= 15 is 8.78 Å². The summed E-state index contributed by atoms with van der Waals surface area (Å²) in [4.78, 5) is 126. The molecule has 14 rings (SSSR count). The molecule has 8 aromatic rings. The number of nitrogens with zero attached hydrogens (tertiary/aromatic N) is 12. The average molecular weight is 1780 g/mol. The number of carbonyl (C=O) groups excluding carboxylic acids is 3. The molecule has 12 N–H and O–H groups in total. The van der Waals surface area contributed by atoms with E-state index in [0.717, 1.165) is 28.1 Å². The zero-order valence-corrected chi connectivity index (χ0v) is 67.4. The Kier molecular flexibility index (Phi) is 25.9. The number of ether oxygens (including phenoxy) is 10. The maximum Gasteiger partial charge on any atom is 0.509 e. The Morgan fingerprint density at radius 3 is 1.30 bits per heavy atom. The highest BCUT2D eigenvalue weighted by atomic mass is 32.7. The predicted molar refractivity (Wildman–Crippen MR) is 395 cm³/mol. The molecule has 48 nitrogen and oxygen atoms in total. The topological polar surface area (TPSA) is 629 Å². The van der Waals surface area contributed by atoms with Crippen LogP contribution in [0.15, 0.2) is 52.0 Å². The number of hydrogen-bond acceptors (Lipinski definition) is 44. The number of halogens is 2. The summed E-state index contributed by atoms with van der Waals surface area (Å²) in [6, 6.07) is 1.51. The van der Waals surface area contributed by atoms with Crippen molar-refractivity contribution in [1.29, 1.82) is 0 Å². The second-order valence-corrected chi connectivity index (χ2v) is 40.8. The van der Waals surface area contributed by atoms with Crippen LogP contribution >= 0.6 is 61.3 Å². The van der Waals surface area contributed by atoms with E-state index in [-0.39, 0.29) is 68.1 Å². The molecule has 8 unspecified atom stereocenters. The van der Waals surface area contributed by atoms with Gasteiger partial charge in [-0.15, -0.1) is 0 Å². The number of aliphatic hydroxyl groups is 2. The molecule has 628 valence electrons. The summed E-state index contributed by atoms with van der Waals surface area (Å²) in [5.74, 6) is -2.50. The van der Waals surface area contributed by atoms with Crippen LogP contribution in [0.3, 0.4) is 0 Å². The lowest BCUT2D eigenvalue weighted by Gasteiger charge is -2.28. The van der Waals surface area contributed by atoms with E-state index in [4.69, 9.17) is 113 Å². The molecule has 20 atom stereocenters. The first-order valence-corrected chi connectivity index (χ1v) is 46.1. The van der Waals surface area contributed by atoms with Crippen molar-refractivity contribution < 1.29 is 136 Å². The first-order chi connectivity index (χ1) is 54.5. The average Bonchev–Trinajstić information content (AvgIpc) is 1.61. The third-order valence-electron chi connectivity index (χ3n) is 17.0. The van der Waals surface area contributed by atoms with Gasteiger partial charge in [-0.1, -0.05) is 0 Å². The molecule has 6 aliphatic heterocycles. The second-order valence-electron chi connectivity index (χ2n) is 26.1. The van der Waals surface area contributed by atoms with Gasteiger partial charge in [0.25, 0.3) is 16.7 Å². The van der Waals surface area contributed by atoms with Crippen molar-refractivity contribution >= 4 is 154 Å². The van der Waals surface area contributed by atoms with Gasteiger partial charge in [0, 0.05) is 40.3 Å². The lowest BCUT2D eigenvalue weighted by atomic mass is 10.1. The number of imidazole rings is 4. The van der Waals surface area contributed by atoms with Crippen molar-refractivity contribution in [2.24, 2.45) is 0 Å². The number of fused-ring (bicyclic) bond motifs is 10. The van der Waals surface area contributed by atoms with Crippen molar-refractivity contribution in [2.45, 2.75) is 165 Å². The largest absolute Gasteiger partial charge is 0.509 e. The molecule has 8 aromatic heterocycles. The Labute approximate surface area is 660 Å². The molecule has 4 bridgehead atoms. The predicted octanol–water partition coefficient (Wildman–Crippen LogP) is 4.79. The zero-order valence-electron chi connectivity index (χ0n) is 60.5. The molecule has 0 amide bonds. The number of alkyl halides is 2. The molecule has 6 saturated heterocycles. The smallest absolute Gasteiger partial charge is 0.432 e. The van der Waals surface area contributed by atoms with Gasteiger partial charge in [-0.05, 0) is 66.3 Å². The molecule has 0 radical (unpaired) electrons. The molecule has 14 heterocycles. The van der Waals surface area contributed by atoms with E-state index in [1.54, 1.807) is 41.5 Å². The van der Waals surface area contributed by atoms with Crippen LogP contribution in [0.25, 0.3) is 44.7 Å². The summed E-state index contributed by atoms with van der Waals surface area (Å²) in [7, 11) is 0. The minimum absolute atomic E-state index is 0.0893. The Morgan fingerprint density at radius 1 is 0.522 bits per heavy atom. The number of nitrogens with one attached hydrogen (secondary N) is 3. The van der Waals surface area contributed by atoms with Crippen LogP contribution in [-0.4, -0.2) is 243 Å². The molecule has 6 aliphatic rings. The van der Waals surface area contributed by atoms with Gasteiger partial charge in [-0.25, -0.2) is 66.8 Å². The van der Waals surface area contributed by atoms with Crippen molar-refractivity contribution in [3.8, 4) is 0 Å². The number of carbonyl (C=O) groups is 3. The van der Waals surface area contributed by atoms with Gasteiger partial charge in [0.15, 0.2) is 94.2 Å². The van der Waals surface area contributed by atoms with Crippen molar-refractivity contribution in [1.82, 2.24) is 73.1 Å². The number of aromatic amines is 3. The van der Waals surface area contributed by atoms with Crippen LogP contribution in [-0.2, 0) is 109 Å². The van der Waals surface area contributed by atoms with E-state index in [0.29, 0.717) is 34.1 Å². The molecule has 0 aromatic carbocycles. The third-order valence-corrected chi connectivity index (χ3v) is 28.6. The van der Waals surface area contributed by atoms with E-state index < -0.39 is 223 Å². The van der Waals surface area contributed by atoms with Gasteiger partial charge >= 0.3 is 45.6 Å². The number of aliphatic hydroxyl groups excluding tert-OH is 2. The fourth-order valence-electron chi connectivity index (χ4n) is 12.0. The molecular formula is C57H72F2N18O30P4S4. The minimum atomic E-state index is -4.77. The number of aryl methyl sites for hydroxylation is 1. The normalized spacial score (nSPS) is 32.0. The third kappa shape index (κ3) is 19.0. The number of aromatic nitrogens is 15. The van der Waals surface area contributed by atoms with Crippen LogP contribution in [0.5, 0.6) is 0 Å². The van der Waals surface area contributed by atoms with Gasteiger partial charge in [0.2, 0.25) is 11.9 Å². The molecule has 0 saturated carbocycles. The number of anilines is 3. The molecule has 58 heteroatoms. The lowest BCUT2D eigenvalue weighted by Crippen LogP contribution is -2.35. The summed E-state index contributed by atoms with van der Waals surface area (Å²) in [5, 5.41) is 23.2. The minimum Gasteiger partial charge on any atom is -0.432 e. The van der Waals surface area contributed by atoms with Gasteiger partial charge in [0.05, 0.1) is 75.7 Å². The van der Waals surface area contributed by atoms with E-state index in [9.17, 15) is 57.6 Å². The maximum absolute atomic E-state index is 16.9. The quantitative estimate of drug-likeness (QED) is 0.0272. The van der Waals surface area contributed by atoms with E-state index in [2.05, 4.69) is 54.8 Å². The van der Waals surface area contributed by atoms with Crippen LogP contribution in [0.1, 0.15) is 72.3 Å². The van der Waals surface area contributed by atoms with Crippen LogP contribution in [0.4, 0.5) is 40.7 Å². The lowest BCUT2D eigenvalue weighted by molar-refractivity contribution is -0.0585. The Hall–Kier alpha value is -7.47. The molecule has 0 aliphatic carbocycles.